The maximum absolute atomic E-state index is 11.4. The molecule has 0 saturated heterocycles. The first-order valence-corrected chi connectivity index (χ1v) is 6.38. The molecule has 0 saturated carbocycles. The van der Waals surface area contributed by atoms with Crippen LogP contribution in [-0.4, -0.2) is 41.5 Å². The first kappa shape index (κ1) is 16.6. The molecule has 0 spiro atoms. The van der Waals surface area contributed by atoms with Gasteiger partial charge in [-0.2, -0.15) is 12.6 Å². The Bertz CT molecular complexity index is 519. The van der Waals surface area contributed by atoms with Gasteiger partial charge < -0.3 is 25.6 Å². The van der Waals surface area contributed by atoms with Crippen LogP contribution in [0, 0.1) is 0 Å². The number of amides is 1. The van der Waals surface area contributed by atoms with Gasteiger partial charge in [-0.05, 0) is 24.3 Å². The Labute approximate surface area is 125 Å². The number of aliphatic carboxylic acids is 1. The summed E-state index contributed by atoms with van der Waals surface area (Å²) in [6.45, 7) is -0.661. The Morgan fingerprint density at radius 2 is 1.90 bits per heavy atom. The molecule has 114 valence electrons. The van der Waals surface area contributed by atoms with Crippen LogP contribution in [0.4, 0.5) is 10.5 Å². The average Bonchev–Trinajstić information content (AvgIpc) is 2.44. The highest BCUT2D eigenvalue weighted by molar-refractivity contribution is 7.80. The number of carboxylic acid groups (broad SMARTS) is 1. The zero-order valence-corrected chi connectivity index (χ0v) is 11.7. The number of nitrogens with two attached hydrogens (primary N) is 1. The van der Waals surface area contributed by atoms with Crippen LogP contribution in [0.1, 0.15) is 0 Å². The number of carboxylic acids is 1. The van der Waals surface area contributed by atoms with E-state index in [4.69, 9.17) is 15.6 Å². The fraction of sp³-hybridized carbons (Fsp3) is 0.250. The molecule has 1 aromatic rings. The van der Waals surface area contributed by atoms with Gasteiger partial charge in [0.1, 0.15) is 11.8 Å². The van der Waals surface area contributed by atoms with Crippen molar-refractivity contribution >= 4 is 36.3 Å². The van der Waals surface area contributed by atoms with Crippen molar-refractivity contribution < 1.29 is 29.0 Å². The number of rotatable bonds is 6. The molecule has 0 fully saturated rings. The monoisotopic (exact) mass is 314 g/mol. The molecule has 1 aromatic carbocycles. The molecule has 0 aromatic heterocycles. The summed E-state index contributed by atoms with van der Waals surface area (Å²) in [5.41, 5.74) is 5.96. The van der Waals surface area contributed by atoms with E-state index in [9.17, 15) is 14.4 Å². The largest absolute Gasteiger partial charge is 0.514 e. The Kier molecular flexibility index (Phi) is 6.34. The molecule has 0 aliphatic carbocycles. The quantitative estimate of drug-likeness (QED) is 0.257. The third-order valence-corrected chi connectivity index (χ3v) is 2.58. The molecule has 0 radical (unpaired) electrons. The first-order valence-electron chi connectivity index (χ1n) is 5.75. The molecule has 0 heterocycles. The van der Waals surface area contributed by atoms with Crippen LogP contribution in [0.5, 0.6) is 5.75 Å². The summed E-state index contributed by atoms with van der Waals surface area (Å²) in [4.78, 5) is 33.3. The zero-order valence-electron chi connectivity index (χ0n) is 10.8. The van der Waals surface area contributed by atoms with Crippen molar-refractivity contribution in [2.24, 2.45) is 0 Å². The Morgan fingerprint density at radius 3 is 2.43 bits per heavy atom. The number of hydrogen-bond donors (Lipinski definition) is 4. The number of hydrogen-bond acceptors (Lipinski definition) is 7. The van der Waals surface area contributed by atoms with E-state index >= 15 is 0 Å². The third kappa shape index (κ3) is 6.04. The SMILES string of the molecule is Nc1ccc(OC(=O)OCC(=O)NC(CS)C(=O)O)cc1. The normalized spacial score (nSPS) is 11.3. The van der Waals surface area contributed by atoms with Crippen molar-refractivity contribution in [1.82, 2.24) is 5.32 Å². The fourth-order valence-corrected chi connectivity index (χ4v) is 1.45. The predicted octanol–water partition coefficient (Wildman–Crippen LogP) is 0.283. The van der Waals surface area contributed by atoms with E-state index < -0.39 is 30.7 Å². The molecule has 1 amide bonds. The topological polar surface area (TPSA) is 128 Å². The highest BCUT2D eigenvalue weighted by Gasteiger charge is 2.19. The molecule has 1 atom stereocenters. The van der Waals surface area contributed by atoms with Crippen LogP contribution >= 0.6 is 12.6 Å². The smallest absolute Gasteiger partial charge is 0.480 e. The van der Waals surface area contributed by atoms with E-state index in [2.05, 4.69) is 22.7 Å². The molecule has 1 unspecified atom stereocenters. The van der Waals surface area contributed by atoms with E-state index in [1.165, 1.54) is 24.3 Å². The summed E-state index contributed by atoms with van der Waals surface area (Å²) >= 11 is 3.77. The highest BCUT2D eigenvalue weighted by atomic mass is 32.1. The van der Waals surface area contributed by atoms with Gasteiger partial charge in [0.2, 0.25) is 0 Å². The summed E-state index contributed by atoms with van der Waals surface area (Å²) in [6, 6.07) is 4.81. The van der Waals surface area contributed by atoms with Crippen molar-refractivity contribution in [2.75, 3.05) is 18.1 Å². The van der Waals surface area contributed by atoms with Crippen molar-refractivity contribution in [2.45, 2.75) is 6.04 Å². The molecule has 1 rings (SSSR count). The second kappa shape index (κ2) is 8.00. The van der Waals surface area contributed by atoms with E-state index in [-0.39, 0.29) is 11.5 Å². The van der Waals surface area contributed by atoms with Crippen LogP contribution < -0.4 is 15.8 Å². The minimum atomic E-state index is -1.23. The summed E-state index contributed by atoms with van der Waals surface area (Å²) in [5.74, 6) is -1.89. The van der Waals surface area contributed by atoms with Crippen LogP contribution in [0.15, 0.2) is 24.3 Å². The lowest BCUT2D eigenvalue weighted by Crippen LogP contribution is -2.44. The lowest BCUT2D eigenvalue weighted by Gasteiger charge is -2.11. The van der Waals surface area contributed by atoms with Crippen LogP contribution in [0.25, 0.3) is 0 Å². The average molecular weight is 314 g/mol. The Morgan fingerprint density at radius 1 is 1.29 bits per heavy atom. The standard InChI is InChI=1S/C12H14N2O6S/c13-7-1-3-8(4-2-7)20-12(18)19-5-10(15)14-9(6-21)11(16)17/h1-4,9,21H,5-6,13H2,(H,14,15)(H,16,17). The highest BCUT2D eigenvalue weighted by Crippen LogP contribution is 2.13. The van der Waals surface area contributed by atoms with E-state index in [0.29, 0.717) is 5.69 Å². The van der Waals surface area contributed by atoms with Gasteiger partial charge in [-0.25, -0.2) is 9.59 Å². The summed E-state index contributed by atoms with van der Waals surface area (Å²) in [7, 11) is 0. The molecule has 4 N–H and O–H groups in total. The summed E-state index contributed by atoms with van der Waals surface area (Å²) in [6.07, 6.45) is -1.09. The lowest BCUT2D eigenvalue weighted by atomic mass is 10.3. The van der Waals surface area contributed by atoms with E-state index in [1.807, 2.05) is 0 Å². The maximum atomic E-state index is 11.4. The van der Waals surface area contributed by atoms with E-state index in [0.717, 1.165) is 0 Å². The number of carbonyl (C=O) groups excluding carboxylic acids is 2. The number of thiol groups is 1. The van der Waals surface area contributed by atoms with Gasteiger partial charge >= 0.3 is 12.1 Å². The van der Waals surface area contributed by atoms with Crippen LogP contribution in [-0.2, 0) is 14.3 Å². The van der Waals surface area contributed by atoms with Crippen molar-refractivity contribution in [3.63, 3.8) is 0 Å². The summed E-state index contributed by atoms with van der Waals surface area (Å²) in [5, 5.41) is 10.8. The van der Waals surface area contributed by atoms with Gasteiger partial charge in [-0.3, -0.25) is 4.79 Å². The molecular weight excluding hydrogens is 300 g/mol. The van der Waals surface area contributed by atoms with Gasteiger partial charge in [-0.15, -0.1) is 0 Å². The number of nitrogens with one attached hydrogen (secondary N) is 1. The second-order valence-electron chi connectivity index (χ2n) is 3.85. The number of carbonyl (C=O) groups is 3. The number of anilines is 1. The van der Waals surface area contributed by atoms with Gasteiger partial charge in [0, 0.05) is 11.4 Å². The Balaban J connectivity index is 2.37. The molecular formula is C12H14N2O6S. The second-order valence-corrected chi connectivity index (χ2v) is 4.22. The molecule has 0 bridgehead atoms. The minimum absolute atomic E-state index is 0.0864. The molecule has 0 aliphatic rings. The number of nitrogen functional groups attached to an aromatic ring is 1. The maximum Gasteiger partial charge on any atom is 0.514 e. The first-order chi connectivity index (χ1) is 9.92. The zero-order chi connectivity index (χ0) is 15.8. The molecule has 8 nitrogen and oxygen atoms in total. The third-order valence-electron chi connectivity index (χ3n) is 2.22. The van der Waals surface area contributed by atoms with Crippen LogP contribution in [0.3, 0.4) is 0 Å². The van der Waals surface area contributed by atoms with Gasteiger partial charge in [0.05, 0.1) is 0 Å². The van der Waals surface area contributed by atoms with Crippen molar-refractivity contribution in [3.05, 3.63) is 24.3 Å². The Hall–Kier alpha value is -2.42. The van der Waals surface area contributed by atoms with E-state index in [1.54, 1.807) is 0 Å². The van der Waals surface area contributed by atoms with Gasteiger partial charge in [0.15, 0.2) is 6.61 Å². The van der Waals surface area contributed by atoms with Crippen molar-refractivity contribution in [1.29, 1.82) is 0 Å². The molecule has 0 aliphatic heterocycles. The number of benzene rings is 1. The van der Waals surface area contributed by atoms with Crippen LogP contribution in [0.2, 0.25) is 0 Å². The summed E-state index contributed by atoms with van der Waals surface area (Å²) < 4.78 is 9.31. The fourth-order valence-electron chi connectivity index (χ4n) is 1.21. The number of ether oxygens (including phenoxy) is 2. The predicted molar refractivity (Wildman–Crippen MR) is 76.2 cm³/mol. The van der Waals surface area contributed by atoms with Crippen molar-refractivity contribution in [3.8, 4) is 5.75 Å². The molecule has 9 heteroatoms. The minimum Gasteiger partial charge on any atom is -0.480 e. The lowest BCUT2D eigenvalue weighted by molar-refractivity contribution is -0.141. The van der Waals surface area contributed by atoms with Gasteiger partial charge in [-0.1, -0.05) is 0 Å². The van der Waals surface area contributed by atoms with Gasteiger partial charge in [0.25, 0.3) is 5.91 Å². The molecule has 21 heavy (non-hydrogen) atoms.